The SMILES string of the molecule is C=C/C=C/[C@@H]1[C@@H](C(=O)OCc2c(F)c(F)cc(F)c2F)C1(C)C. The van der Waals surface area contributed by atoms with E-state index in [2.05, 4.69) is 6.58 Å². The van der Waals surface area contributed by atoms with Crippen molar-refractivity contribution in [3.8, 4) is 0 Å². The zero-order valence-corrected chi connectivity index (χ0v) is 12.7. The van der Waals surface area contributed by atoms with Crippen LogP contribution < -0.4 is 0 Å². The molecule has 0 aromatic heterocycles. The van der Waals surface area contributed by atoms with Crippen molar-refractivity contribution >= 4 is 5.97 Å². The van der Waals surface area contributed by atoms with Gasteiger partial charge in [-0.1, -0.05) is 38.7 Å². The Bertz CT molecular complexity index is 653. The van der Waals surface area contributed by atoms with Crippen LogP contribution in [-0.2, 0) is 16.1 Å². The molecule has 0 spiro atoms. The molecular formula is C17H16F4O2. The van der Waals surface area contributed by atoms with Gasteiger partial charge in [-0.25, -0.2) is 17.6 Å². The monoisotopic (exact) mass is 328 g/mol. The van der Waals surface area contributed by atoms with Crippen molar-refractivity contribution < 1.29 is 27.1 Å². The van der Waals surface area contributed by atoms with Gasteiger partial charge in [-0.15, -0.1) is 0 Å². The smallest absolute Gasteiger partial charge is 0.310 e. The van der Waals surface area contributed by atoms with Crippen LogP contribution in [0.2, 0.25) is 0 Å². The van der Waals surface area contributed by atoms with E-state index in [0.717, 1.165) is 0 Å². The number of esters is 1. The predicted octanol–water partition coefficient (Wildman–Crippen LogP) is 4.30. The minimum Gasteiger partial charge on any atom is -0.460 e. The molecule has 1 fully saturated rings. The van der Waals surface area contributed by atoms with Crippen LogP contribution >= 0.6 is 0 Å². The van der Waals surface area contributed by atoms with E-state index in [1.165, 1.54) is 0 Å². The van der Waals surface area contributed by atoms with E-state index < -0.39 is 47.3 Å². The second kappa shape index (κ2) is 6.18. The molecule has 1 aliphatic carbocycles. The molecule has 23 heavy (non-hydrogen) atoms. The van der Waals surface area contributed by atoms with Crippen LogP contribution in [0, 0.1) is 40.5 Å². The highest BCUT2D eigenvalue weighted by Crippen LogP contribution is 2.59. The topological polar surface area (TPSA) is 26.3 Å². The Morgan fingerprint density at radius 2 is 1.83 bits per heavy atom. The first-order valence-electron chi connectivity index (χ1n) is 6.99. The van der Waals surface area contributed by atoms with Crippen molar-refractivity contribution in [3.05, 3.63) is 59.7 Å². The van der Waals surface area contributed by atoms with Crippen molar-refractivity contribution in [2.45, 2.75) is 20.5 Å². The van der Waals surface area contributed by atoms with E-state index in [4.69, 9.17) is 4.74 Å². The average molecular weight is 328 g/mol. The Morgan fingerprint density at radius 3 is 2.35 bits per heavy atom. The van der Waals surface area contributed by atoms with Gasteiger partial charge in [0.25, 0.3) is 0 Å². The molecule has 2 nitrogen and oxygen atoms in total. The third-order valence-corrected chi connectivity index (χ3v) is 4.18. The molecule has 0 N–H and O–H groups in total. The molecule has 1 aromatic carbocycles. The summed E-state index contributed by atoms with van der Waals surface area (Å²) in [5.41, 5.74) is -1.30. The molecule has 1 saturated carbocycles. The summed E-state index contributed by atoms with van der Waals surface area (Å²) in [7, 11) is 0. The first-order valence-corrected chi connectivity index (χ1v) is 6.99. The minimum atomic E-state index is -1.56. The quantitative estimate of drug-likeness (QED) is 0.349. The summed E-state index contributed by atoms with van der Waals surface area (Å²) in [6.45, 7) is 6.36. The van der Waals surface area contributed by atoms with Crippen molar-refractivity contribution in [2.24, 2.45) is 17.3 Å². The second-order valence-electron chi connectivity index (χ2n) is 6.00. The lowest BCUT2D eigenvalue weighted by atomic mass is 10.1. The number of hydrogen-bond acceptors (Lipinski definition) is 2. The maximum absolute atomic E-state index is 13.5. The highest BCUT2D eigenvalue weighted by molar-refractivity contribution is 5.78. The Hall–Kier alpha value is -2.11. The number of hydrogen-bond donors (Lipinski definition) is 0. The van der Waals surface area contributed by atoms with Crippen LogP contribution in [0.4, 0.5) is 17.6 Å². The van der Waals surface area contributed by atoms with E-state index in [1.807, 2.05) is 13.8 Å². The number of carbonyl (C=O) groups excluding carboxylic acids is 1. The molecule has 6 heteroatoms. The molecule has 124 valence electrons. The summed E-state index contributed by atoms with van der Waals surface area (Å²) < 4.78 is 58.1. The van der Waals surface area contributed by atoms with Gasteiger partial charge in [0.2, 0.25) is 0 Å². The summed E-state index contributed by atoms with van der Waals surface area (Å²) in [6, 6.07) is 0.107. The Kier molecular flexibility index (Phi) is 4.63. The molecule has 0 radical (unpaired) electrons. The van der Waals surface area contributed by atoms with E-state index in [-0.39, 0.29) is 17.4 Å². The van der Waals surface area contributed by atoms with Crippen molar-refractivity contribution in [1.29, 1.82) is 0 Å². The zero-order chi connectivity index (χ0) is 17.4. The molecule has 1 aliphatic rings. The van der Waals surface area contributed by atoms with Crippen LogP contribution in [0.15, 0.2) is 30.9 Å². The van der Waals surface area contributed by atoms with Gasteiger partial charge in [0.15, 0.2) is 23.3 Å². The maximum Gasteiger partial charge on any atom is 0.310 e. The number of benzene rings is 1. The fraction of sp³-hybridized carbons (Fsp3) is 0.353. The third-order valence-electron chi connectivity index (χ3n) is 4.18. The molecule has 0 amide bonds. The van der Waals surface area contributed by atoms with Gasteiger partial charge >= 0.3 is 5.97 Å². The minimum absolute atomic E-state index is 0.0908. The van der Waals surface area contributed by atoms with Crippen LogP contribution in [0.1, 0.15) is 19.4 Å². The average Bonchev–Trinajstić information content (AvgIpc) is 3.04. The van der Waals surface area contributed by atoms with Gasteiger partial charge in [-0.3, -0.25) is 4.79 Å². The number of halogens is 4. The van der Waals surface area contributed by atoms with Crippen LogP contribution in [-0.4, -0.2) is 5.97 Å². The van der Waals surface area contributed by atoms with E-state index in [9.17, 15) is 22.4 Å². The number of allylic oxidation sites excluding steroid dienone is 3. The molecule has 0 heterocycles. The third kappa shape index (κ3) is 3.16. The number of rotatable bonds is 5. The summed E-state index contributed by atoms with van der Waals surface area (Å²) in [6.07, 6.45) is 5.06. The molecule has 0 saturated heterocycles. The summed E-state index contributed by atoms with van der Waals surface area (Å²) in [4.78, 5) is 12.0. The van der Waals surface area contributed by atoms with Gasteiger partial charge in [0.1, 0.15) is 6.61 Å². The van der Waals surface area contributed by atoms with Crippen LogP contribution in [0.25, 0.3) is 0 Å². The van der Waals surface area contributed by atoms with Crippen molar-refractivity contribution in [3.63, 3.8) is 0 Å². The fourth-order valence-electron chi connectivity index (χ4n) is 2.67. The first-order chi connectivity index (χ1) is 10.7. The van der Waals surface area contributed by atoms with Crippen molar-refractivity contribution in [2.75, 3.05) is 0 Å². The van der Waals surface area contributed by atoms with Gasteiger partial charge in [-0.05, 0) is 11.3 Å². The van der Waals surface area contributed by atoms with E-state index in [1.54, 1.807) is 18.2 Å². The lowest BCUT2D eigenvalue weighted by Gasteiger charge is -2.09. The fourth-order valence-corrected chi connectivity index (χ4v) is 2.67. The molecule has 2 rings (SSSR count). The normalized spacial score (nSPS) is 22.2. The van der Waals surface area contributed by atoms with Gasteiger partial charge < -0.3 is 4.74 Å². The largest absolute Gasteiger partial charge is 0.460 e. The van der Waals surface area contributed by atoms with Crippen LogP contribution in [0.3, 0.4) is 0 Å². The van der Waals surface area contributed by atoms with Gasteiger partial charge in [-0.2, -0.15) is 0 Å². The highest BCUT2D eigenvalue weighted by atomic mass is 19.2. The number of carbonyl (C=O) groups is 1. The summed E-state index contributed by atoms with van der Waals surface area (Å²) >= 11 is 0. The standard InChI is InChI=1S/C17H16F4O2/c1-4-5-6-10-13(17(10,2)3)16(22)23-8-9-14(20)11(18)7-12(19)15(9)21/h4-7,10,13H,1,8H2,2-3H3/b6-5+/t10-,13+/m1/s1. The predicted molar refractivity (Wildman–Crippen MR) is 76.2 cm³/mol. The summed E-state index contributed by atoms with van der Waals surface area (Å²) in [5, 5.41) is 0. The molecule has 2 atom stereocenters. The van der Waals surface area contributed by atoms with Crippen LogP contribution in [0.5, 0.6) is 0 Å². The van der Waals surface area contributed by atoms with Gasteiger partial charge in [0, 0.05) is 6.07 Å². The van der Waals surface area contributed by atoms with E-state index >= 15 is 0 Å². The Labute approximate surface area is 131 Å². The van der Waals surface area contributed by atoms with Crippen molar-refractivity contribution in [1.82, 2.24) is 0 Å². The highest BCUT2D eigenvalue weighted by Gasteiger charge is 2.61. The number of ether oxygens (including phenoxy) is 1. The lowest BCUT2D eigenvalue weighted by molar-refractivity contribution is -0.147. The lowest BCUT2D eigenvalue weighted by Crippen LogP contribution is -2.13. The first kappa shape index (κ1) is 17.2. The molecular weight excluding hydrogens is 312 g/mol. The molecule has 0 unspecified atom stereocenters. The van der Waals surface area contributed by atoms with Gasteiger partial charge in [0.05, 0.1) is 11.5 Å². The maximum atomic E-state index is 13.5. The Morgan fingerprint density at radius 1 is 1.26 bits per heavy atom. The summed E-state index contributed by atoms with van der Waals surface area (Å²) in [5.74, 6) is -7.43. The molecule has 0 aliphatic heterocycles. The Balaban J connectivity index is 2.09. The van der Waals surface area contributed by atoms with E-state index in [0.29, 0.717) is 0 Å². The molecule has 1 aromatic rings. The zero-order valence-electron chi connectivity index (χ0n) is 12.7. The second-order valence-corrected chi connectivity index (χ2v) is 6.00. The molecule has 0 bridgehead atoms.